The number of hydrogen-bond acceptors (Lipinski definition) is 4. The van der Waals surface area contributed by atoms with Gasteiger partial charge in [0.15, 0.2) is 11.6 Å². The van der Waals surface area contributed by atoms with Crippen LogP contribution in [-0.4, -0.2) is 47.1 Å². The summed E-state index contributed by atoms with van der Waals surface area (Å²) in [7, 11) is 1.83. The van der Waals surface area contributed by atoms with E-state index in [1.54, 1.807) is 4.90 Å². The fraction of sp³-hybridized carbons (Fsp3) is 0.450. The molecule has 0 radical (unpaired) electrons. The maximum atomic E-state index is 14.8. The molecule has 2 aromatic rings. The lowest BCUT2D eigenvalue weighted by Gasteiger charge is -2.38. The first-order valence-electron chi connectivity index (χ1n) is 9.31. The summed E-state index contributed by atoms with van der Waals surface area (Å²) in [5.41, 5.74) is 1.18. The van der Waals surface area contributed by atoms with Crippen LogP contribution in [0.1, 0.15) is 38.3 Å². The van der Waals surface area contributed by atoms with Crippen LogP contribution < -0.4 is 10.2 Å². The van der Waals surface area contributed by atoms with Crippen LogP contribution in [0.25, 0.3) is 0 Å². The zero-order valence-electron chi connectivity index (χ0n) is 16.0. The van der Waals surface area contributed by atoms with Gasteiger partial charge in [-0.3, -0.25) is 0 Å². The summed E-state index contributed by atoms with van der Waals surface area (Å²) >= 11 is 0. The Kier molecular flexibility index (Phi) is 5.88. The minimum Gasteiger partial charge on any atom is -0.352 e. The van der Waals surface area contributed by atoms with Gasteiger partial charge in [0, 0.05) is 31.9 Å². The summed E-state index contributed by atoms with van der Waals surface area (Å²) in [6, 6.07) is 9.25. The summed E-state index contributed by atoms with van der Waals surface area (Å²) < 4.78 is 14.8. The molecule has 6 nitrogen and oxygen atoms in total. The van der Waals surface area contributed by atoms with Crippen molar-refractivity contribution >= 4 is 17.5 Å². The third kappa shape index (κ3) is 4.35. The van der Waals surface area contributed by atoms with Crippen LogP contribution in [0.3, 0.4) is 0 Å². The number of piperidine rings is 1. The van der Waals surface area contributed by atoms with E-state index in [1.165, 1.54) is 6.33 Å². The molecule has 1 saturated heterocycles. The number of benzene rings is 1. The van der Waals surface area contributed by atoms with Crippen molar-refractivity contribution in [1.29, 1.82) is 0 Å². The van der Waals surface area contributed by atoms with Gasteiger partial charge in [-0.15, -0.1) is 0 Å². The summed E-state index contributed by atoms with van der Waals surface area (Å²) in [5, 5.41) is 2.92. The summed E-state index contributed by atoms with van der Waals surface area (Å²) in [6.07, 6.45) is 3.15. The number of urea groups is 1. The van der Waals surface area contributed by atoms with E-state index < -0.39 is 0 Å². The average Bonchev–Trinajstić information content (AvgIpc) is 2.68. The van der Waals surface area contributed by atoms with Gasteiger partial charge in [0.05, 0.1) is 5.69 Å². The molecule has 3 rings (SSSR count). The van der Waals surface area contributed by atoms with E-state index in [0.717, 1.165) is 18.5 Å². The summed E-state index contributed by atoms with van der Waals surface area (Å²) in [6.45, 7) is 5.03. The number of para-hydroxylation sites is 1. The van der Waals surface area contributed by atoms with Crippen molar-refractivity contribution in [3.05, 3.63) is 48.2 Å². The highest BCUT2D eigenvalue weighted by Crippen LogP contribution is 2.26. The van der Waals surface area contributed by atoms with Gasteiger partial charge in [0.2, 0.25) is 0 Å². The Morgan fingerprint density at radius 3 is 2.74 bits per heavy atom. The molecule has 2 heterocycles. The van der Waals surface area contributed by atoms with Crippen LogP contribution in [0.4, 0.5) is 20.7 Å². The van der Waals surface area contributed by atoms with Crippen LogP contribution >= 0.6 is 0 Å². The normalized spacial score (nSPS) is 17.1. The fourth-order valence-electron chi connectivity index (χ4n) is 3.37. The molecule has 1 fully saturated rings. The molecule has 0 saturated carbocycles. The zero-order chi connectivity index (χ0) is 19.4. The van der Waals surface area contributed by atoms with Crippen LogP contribution in [-0.2, 0) is 0 Å². The summed E-state index contributed by atoms with van der Waals surface area (Å²) in [5.74, 6) is -0.0930. The monoisotopic (exact) mass is 371 g/mol. The number of hydrogen-bond donors (Lipinski definition) is 1. The Morgan fingerprint density at radius 1 is 1.30 bits per heavy atom. The third-order valence-corrected chi connectivity index (χ3v) is 4.94. The Labute approximate surface area is 159 Å². The van der Waals surface area contributed by atoms with Crippen molar-refractivity contribution in [3.8, 4) is 0 Å². The first kappa shape index (κ1) is 19.1. The molecular weight excluding hydrogens is 345 g/mol. The van der Waals surface area contributed by atoms with Crippen molar-refractivity contribution in [3.63, 3.8) is 0 Å². The molecule has 1 aromatic heterocycles. The van der Waals surface area contributed by atoms with E-state index in [4.69, 9.17) is 0 Å². The van der Waals surface area contributed by atoms with Crippen molar-refractivity contribution in [2.24, 2.45) is 0 Å². The van der Waals surface area contributed by atoms with E-state index in [9.17, 15) is 9.18 Å². The third-order valence-electron chi connectivity index (χ3n) is 4.94. The van der Waals surface area contributed by atoms with Crippen molar-refractivity contribution in [2.45, 2.75) is 38.6 Å². The Morgan fingerprint density at radius 2 is 2.04 bits per heavy atom. The molecule has 0 spiro atoms. The molecular formula is C20H26FN5O. The molecule has 144 valence electrons. The molecule has 0 bridgehead atoms. The molecule has 1 aliphatic rings. The van der Waals surface area contributed by atoms with E-state index >= 15 is 0 Å². The molecule has 1 N–H and O–H groups in total. The highest BCUT2D eigenvalue weighted by Gasteiger charge is 2.29. The maximum Gasteiger partial charge on any atom is 0.321 e. The number of carbonyl (C=O) groups is 1. The van der Waals surface area contributed by atoms with Gasteiger partial charge in [-0.2, -0.15) is 0 Å². The van der Waals surface area contributed by atoms with E-state index in [1.807, 2.05) is 56.1 Å². The Bertz CT molecular complexity index is 783. The van der Waals surface area contributed by atoms with Crippen LogP contribution in [0, 0.1) is 5.82 Å². The number of nitrogens with zero attached hydrogens (tertiary/aromatic N) is 4. The second kappa shape index (κ2) is 8.33. The lowest BCUT2D eigenvalue weighted by Crippen LogP contribution is -2.50. The number of aromatic nitrogens is 2. The van der Waals surface area contributed by atoms with E-state index in [0.29, 0.717) is 24.6 Å². The van der Waals surface area contributed by atoms with Crippen molar-refractivity contribution in [2.75, 3.05) is 30.4 Å². The molecule has 1 aromatic carbocycles. The minimum absolute atomic E-state index is 0.00434. The quantitative estimate of drug-likeness (QED) is 0.886. The highest BCUT2D eigenvalue weighted by atomic mass is 19.1. The molecule has 2 amide bonds. The van der Waals surface area contributed by atoms with Gasteiger partial charge in [-0.05, 0) is 30.9 Å². The van der Waals surface area contributed by atoms with Gasteiger partial charge in [-0.1, -0.05) is 32.0 Å². The standard InChI is InChI=1S/C20H26FN5O/c1-14(2)18-17(21)19(23-13-22-18)25(3)16-10-7-11-26(12-16)20(27)24-15-8-5-4-6-9-15/h4-6,8-9,13-14,16H,7,10-12H2,1-3H3,(H,24,27). The Hall–Kier alpha value is -2.70. The van der Waals surface area contributed by atoms with Crippen molar-refractivity contribution in [1.82, 2.24) is 14.9 Å². The molecule has 1 aliphatic heterocycles. The fourth-order valence-corrected chi connectivity index (χ4v) is 3.37. The number of nitrogens with one attached hydrogen (secondary N) is 1. The van der Waals surface area contributed by atoms with E-state index in [2.05, 4.69) is 15.3 Å². The summed E-state index contributed by atoms with van der Waals surface area (Å²) in [4.78, 5) is 24.4. The lowest BCUT2D eigenvalue weighted by atomic mass is 10.0. The van der Waals surface area contributed by atoms with Crippen LogP contribution in [0.2, 0.25) is 0 Å². The second-order valence-corrected chi connectivity index (χ2v) is 7.20. The lowest BCUT2D eigenvalue weighted by molar-refractivity contribution is 0.192. The number of carbonyl (C=O) groups excluding carboxylic acids is 1. The number of likely N-dealkylation sites (tertiary alicyclic amines) is 1. The first-order chi connectivity index (χ1) is 13.0. The number of halogens is 1. The number of rotatable bonds is 4. The van der Waals surface area contributed by atoms with Gasteiger partial charge in [0.25, 0.3) is 0 Å². The van der Waals surface area contributed by atoms with Gasteiger partial charge in [-0.25, -0.2) is 19.2 Å². The highest BCUT2D eigenvalue weighted by molar-refractivity contribution is 5.89. The van der Waals surface area contributed by atoms with Gasteiger partial charge in [0.1, 0.15) is 6.33 Å². The number of amides is 2. The molecule has 27 heavy (non-hydrogen) atoms. The van der Waals surface area contributed by atoms with Crippen LogP contribution in [0.15, 0.2) is 36.7 Å². The average molecular weight is 371 g/mol. The predicted molar refractivity (Wildman–Crippen MR) is 105 cm³/mol. The van der Waals surface area contributed by atoms with Crippen molar-refractivity contribution < 1.29 is 9.18 Å². The van der Waals surface area contributed by atoms with Gasteiger partial charge < -0.3 is 15.1 Å². The predicted octanol–water partition coefficient (Wildman–Crippen LogP) is 3.87. The topological polar surface area (TPSA) is 61.4 Å². The zero-order valence-corrected chi connectivity index (χ0v) is 16.0. The van der Waals surface area contributed by atoms with Crippen LogP contribution in [0.5, 0.6) is 0 Å². The molecule has 1 atom stereocenters. The maximum absolute atomic E-state index is 14.8. The molecule has 1 unspecified atom stereocenters. The smallest absolute Gasteiger partial charge is 0.321 e. The molecule has 0 aliphatic carbocycles. The first-order valence-corrected chi connectivity index (χ1v) is 9.31. The molecule has 7 heteroatoms. The van der Waals surface area contributed by atoms with E-state index in [-0.39, 0.29) is 23.8 Å². The van der Waals surface area contributed by atoms with Gasteiger partial charge >= 0.3 is 6.03 Å². The number of likely N-dealkylation sites (N-methyl/N-ethyl adjacent to an activating group) is 1. The Balaban J connectivity index is 1.70. The SMILES string of the molecule is CC(C)c1ncnc(N(C)C2CCCN(C(=O)Nc3ccccc3)C2)c1F. The number of anilines is 2. The minimum atomic E-state index is -0.374. The second-order valence-electron chi connectivity index (χ2n) is 7.20. The largest absolute Gasteiger partial charge is 0.352 e.